The lowest BCUT2D eigenvalue weighted by atomic mass is 10.0. The number of fused-ring (bicyclic) bond motifs is 1. The van der Waals surface area contributed by atoms with Crippen LogP contribution in [0.5, 0.6) is 11.5 Å². The maximum absolute atomic E-state index is 13.0. The molecule has 1 fully saturated rings. The molecule has 0 radical (unpaired) electrons. The van der Waals surface area contributed by atoms with Crippen molar-refractivity contribution < 1.29 is 18.7 Å². The first-order valence-electron chi connectivity index (χ1n) is 11.7. The second-order valence-corrected chi connectivity index (χ2v) is 8.94. The predicted octanol–water partition coefficient (Wildman–Crippen LogP) is 4.18. The van der Waals surface area contributed by atoms with Gasteiger partial charge in [-0.2, -0.15) is 0 Å². The number of nitrogens with zero attached hydrogens (tertiary/aromatic N) is 2. The van der Waals surface area contributed by atoms with E-state index < -0.39 is 0 Å². The van der Waals surface area contributed by atoms with Crippen LogP contribution in [-0.4, -0.2) is 50.2 Å². The highest BCUT2D eigenvalue weighted by atomic mass is 16.5. The number of carbonyl (C=O) groups is 1. The summed E-state index contributed by atoms with van der Waals surface area (Å²) in [6, 6.07) is 13.3. The number of anilines is 1. The van der Waals surface area contributed by atoms with Gasteiger partial charge in [0.15, 0.2) is 0 Å². The fourth-order valence-corrected chi connectivity index (χ4v) is 4.36. The molecule has 34 heavy (non-hydrogen) atoms. The van der Waals surface area contributed by atoms with Crippen LogP contribution in [0.25, 0.3) is 11.0 Å². The lowest BCUT2D eigenvalue weighted by molar-refractivity contribution is -0.131. The van der Waals surface area contributed by atoms with Gasteiger partial charge in [-0.05, 0) is 68.7 Å². The van der Waals surface area contributed by atoms with Crippen molar-refractivity contribution in [2.45, 2.75) is 39.7 Å². The molecule has 1 saturated heterocycles. The predicted molar refractivity (Wildman–Crippen MR) is 133 cm³/mol. The van der Waals surface area contributed by atoms with E-state index in [4.69, 9.17) is 13.9 Å². The molecule has 3 aromatic rings. The third kappa shape index (κ3) is 5.35. The second-order valence-electron chi connectivity index (χ2n) is 8.94. The summed E-state index contributed by atoms with van der Waals surface area (Å²) in [4.78, 5) is 29.0. The fourth-order valence-electron chi connectivity index (χ4n) is 4.36. The van der Waals surface area contributed by atoms with Gasteiger partial charge in [0.05, 0.1) is 13.2 Å². The Balaban J connectivity index is 1.42. The summed E-state index contributed by atoms with van der Waals surface area (Å²) in [6.07, 6.45) is 0.932. The quantitative estimate of drug-likeness (QED) is 0.489. The minimum absolute atomic E-state index is 0.0329. The Morgan fingerprint density at radius 2 is 1.76 bits per heavy atom. The topological polar surface area (TPSA) is 72.2 Å². The van der Waals surface area contributed by atoms with Crippen LogP contribution >= 0.6 is 0 Å². The summed E-state index contributed by atoms with van der Waals surface area (Å²) >= 11 is 0. The molecule has 7 nitrogen and oxygen atoms in total. The molecule has 0 N–H and O–H groups in total. The average molecular weight is 465 g/mol. The van der Waals surface area contributed by atoms with Gasteiger partial charge in [-0.25, -0.2) is 4.79 Å². The molecule has 0 spiro atoms. The molecular formula is C27H32N2O5. The van der Waals surface area contributed by atoms with Gasteiger partial charge >= 0.3 is 5.63 Å². The van der Waals surface area contributed by atoms with E-state index in [1.807, 2.05) is 43.9 Å². The first-order chi connectivity index (χ1) is 16.3. The number of rotatable bonds is 7. The van der Waals surface area contributed by atoms with Crippen LogP contribution in [0.4, 0.5) is 5.69 Å². The number of carbonyl (C=O) groups excluding carboxylic acids is 1. The summed E-state index contributed by atoms with van der Waals surface area (Å²) < 4.78 is 16.6. The standard InChI is InChI=1S/C27H32N2O5/c1-18(2)33-24-17-25-23(19(3)15-27(31)34-25)16-20(24)5-10-26(30)29-13-11-28(12-14-29)21-6-8-22(32-4)9-7-21/h6-9,15-18H,5,10-14H2,1-4H3. The lowest BCUT2D eigenvalue weighted by Gasteiger charge is -2.36. The Morgan fingerprint density at radius 3 is 2.41 bits per heavy atom. The molecular weight excluding hydrogens is 432 g/mol. The summed E-state index contributed by atoms with van der Waals surface area (Å²) in [5.74, 6) is 1.64. The van der Waals surface area contributed by atoms with E-state index in [-0.39, 0.29) is 17.6 Å². The van der Waals surface area contributed by atoms with Gasteiger partial charge in [0.2, 0.25) is 5.91 Å². The normalized spacial score (nSPS) is 14.0. The van der Waals surface area contributed by atoms with E-state index in [0.29, 0.717) is 37.3 Å². The van der Waals surface area contributed by atoms with Crippen LogP contribution in [0.3, 0.4) is 0 Å². The highest BCUT2D eigenvalue weighted by Crippen LogP contribution is 2.29. The molecule has 180 valence electrons. The van der Waals surface area contributed by atoms with Crippen molar-refractivity contribution in [3.63, 3.8) is 0 Å². The van der Waals surface area contributed by atoms with Gasteiger partial charge in [-0.1, -0.05) is 0 Å². The molecule has 4 rings (SSSR count). The number of aryl methyl sites for hydroxylation is 2. The fraction of sp³-hybridized carbons (Fsp3) is 0.407. The van der Waals surface area contributed by atoms with E-state index in [0.717, 1.165) is 41.0 Å². The molecule has 1 aliphatic rings. The lowest BCUT2D eigenvalue weighted by Crippen LogP contribution is -2.48. The Bertz CT molecular complexity index is 1210. The number of hydrogen-bond acceptors (Lipinski definition) is 6. The number of piperazine rings is 1. The highest BCUT2D eigenvalue weighted by molar-refractivity contribution is 5.83. The number of amides is 1. The molecule has 0 atom stereocenters. The summed E-state index contributed by atoms with van der Waals surface area (Å²) in [7, 11) is 1.66. The van der Waals surface area contributed by atoms with Gasteiger partial charge in [-0.15, -0.1) is 0 Å². The van der Waals surface area contributed by atoms with Crippen LogP contribution in [0.15, 0.2) is 51.7 Å². The van der Waals surface area contributed by atoms with E-state index in [1.54, 1.807) is 13.2 Å². The van der Waals surface area contributed by atoms with Gasteiger partial charge in [0, 0.05) is 55.8 Å². The molecule has 1 aliphatic heterocycles. The van der Waals surface area contributed by atoms with Crippen molar-refractivity contribution in [2.75, 3.05) is 38.2 Å². The van der Waals surface area contributed by atoms with Gasteiger partial charge in [0.1, 0.15) is 17.1 Å². The third-order valence-corrected chi connectivity index (χ3v) is 6.17. The van der Waals surface area contributed by atoms with E-state index >= 15 is 0 Å². The molecule has 0 unspecified atom stereocenters. The minimum atomic E-state index is -0.378. The summed E-state index contributed by atoms with van der Waals surface area (Å²) in [6.45, 7) is 8.79. The van der Waals surface area contributed by atoms with Gasteiger partial charge < -0.3 is 23.7 Å². The Morgan fingerprint density at radius 1 is 1.06 bits per heavy atom. The van der Waals surface area contributed by atoms with Crippen molar-refractivity contribution in [3.05, 3.63) is 64.0 Å². The molecule has 0 bridgehead atoms. The molecule has 2 heterocycles. The first kappa shape index (κ1) is 23.7. The Hall–Kier alpha value is -3.48. The SMILES string of the molecule is COc1ccc(N2CCN(C(=O)CCc3cc4c(C)cc(=O)oc4cc3OC(C)C)CC2)cc1. The summed E-state index contributed by atoms with van der Waals surface area (Å²) in [5.41, 5.74) is 3.07. The van der Waals surface area contributed by atoms with Crippen LogP contribution in [-0.2, 0) is 11.2 Å². The number of hydrogen-bond donors (Lipinski definition) is 0. The highest BCUT2D eigenvalue weighted by Gasteiger charge is 2.22. The molecule has 1 amide bonds. The summed E-state index contributed by atoms with van der Waals surface area (Å²) in [5, 5.41) is 0.867. The van der Waals surface area contributed by atoms with Crippen molar-refractivity contribution in [1.82, 2.24) is 4.90 Å². The number of benzene rings is 2. The second kappa shape index (κ2) is 10.2. The van der Waals surface area contributed by atoms with Crippen LogP contribution in [0, 0.1) is 6.92 Å². The average Bonchev–Trinajstić information content (AvgIpc) is 2.82. The van der Waals surface area contributed by atoms with Gasteiger partial charge in [0.25, 0.3) is 0 Å². The number of ether oxygens (including phenoxy) is 2. The molecule has 0 saturated carbocycles. The van der Waals surface area contributed by atoms with Crippen molar-refractivity contribution in [1.29, 1.82) is 0 Å². The smallest absolute Gasteiger partial charge is 0.336 e. The first-order valence-corrected chi connectivity index (χ1v) is 11.7. The van der Waals surface area contributed by atoms with Crippen LogP contribution in [0.2, 0.25) is 0 Å². The zero-order valence-electron chi connectivity index (χ0n) is 20.3. The van der Waals surface area contributed by atoms with Crippen LogP contribution in [0.1, 0.15) is 31.4 Å². The molecule has 0 aliphatic carbocycles. The molecule has 2 aromatic carbocycles. The van der Waals surface area contributed by atoms with E-state index in [2.05, 4.69) is 17.0 Å². The monoisotopic (exact) mass is 464 g/mol. The number of methoxy groups -OCH3 is 1. The van der Waals surface area contributed by atoms with Crippen molar-refractivity contribution >= 4 is 22.6 Å². The van der Waals surface area contributed by atoms with E-state index in [9.17, 15) is 9.59 Å². The maximum atomic E-state index is 13.0. The Labute approximate surface area is 199 Å². The molecule has 1 aromatic heterocycles. The third-order valence-electron chi connectivity index (χ3n) is 6.17. The Kier molecular flexibility index (Phi) is 7.10. The largest absolute Gasteiger partial charge is 0.497 e. The molecule has 7 heteroatoms. The van der Waals surface area contributed by atoms with Gasteiger partial charge in [-0.3, -0.25) is 4.79 Å². The van der Waals surface area contributed by atoms with Crippen LogP contribution < -0.4 is 20.0 Å². The van der Waals surface area contributed by atoms with E-state index in [1.165, 1.54) is 6.07 Å². The minimum Gasteiger partial charge on any atom is -0.497 e. The zero-order valence-corrected chi connectivity index (χ0v) is 20.3. The van der Waals surface area contributed by atoms with Crippen molar-refractivity contribution in [3.8, 4) is 11.5 Å². The van der Waals surface area contributed by atoms with Crippen molar-refractivity contribution in [2.24, 2.45) is 0 Å². The zero-order chi connectivity index (χ0) is 24.2. The maximum Gasteiger partial charge on any atom is 0.336 e.